The molecule has 0 saturated heterocycles. The first-order valence-electron chi connectivity index (χ1n) is 10.9. The summed E-state index contributed by atoms with van der Waals surface area (Å²) in [5.74, 6) is 0.960. The summed E-state index contributed by atoms with van der Waals surface area (Å²) in [5, 5.41) is 5.86. The highest BCUT2D eigenvalue weighted by atomic mass is 16.5. The minimum Gasteiger partial charge on any atom is -0.490 e. The lowest BCUT2D eigenvalue weighted by atomic mass is 10.2. The van der Waals surface area contributed by atoms with Crippen LogP contribution >= 0.6 is 0 Å². The largest absolute Gasteiger partial charge is 0.490 e. The Morgan fingerprint density at radius 2 is 1.33 bits per heavy atom. The number of ether oxygens (including phenoxy) is 3. The van der Waals surface area contributed by atoms with Gasteiger partial charge in [-0.2, -0.15) is 0 Å². The van der Waals surface area contributed by atoms with Crippen LogP contribution in [0.1, 0.15) is 23.7 Å². The molecule has 0 aliphatic rings. The van der Waals surface area contributed by atoms with Crippen molar-refractivity contribution in [1.82, 2.24) is 0 Å². The van der Waals surface area contributed by atoms with Crippen molar-refractivity contribution >= 4 is 23.3 Å². The monoisotopic (exact) mass is 448 g/mol. The minimum atomic E-state index is -0.350. The Balaban J connectivity index is 1.36. The van der Waals surface area contributed by atoms with Crippen molar-refractivity contribution in [2.45, 2.75) is 13.3 Å². The summed E-state index contributed by atoms with van der Waals surface area (Å²) in [4.78, 5) is 24.0. The third kappa shape index (κ3) is 8.22. The molecule has 172 valence electrons. The van der Waals surface area contributed by atoms with E-state index in [2.05, 4.69) is 10.6 Å². The van der Waals surface area contributed by atoms with E-state index >= 15 is 0 Å². The van der Waals surface area contributed by atoms with Gasteiger partial charge in [-0.05, 0) is 67.1 Å². The third-order valence-corrected chi connectivity index (χ3v) is 4.51. The zero-order chi connectivity index (χ0) is 23.3. The highest BCUT2D eigenvalue weighted by Crippen LogP contribution is 2.16. The first-order valence-corrected chi connectivity index (χ1v) is 10.9. The van der Waals surface area contributed by atoms with Crippen LogP contribution in [-0.4, -0.2) is 38.2 Å². The zero-order valence-electron chi connectivity index (χ0n) is 18.6. The number of anilines is 2. The summed E-state index contributed by atoms with van der Waals surface area (Å²) in [7, 11) is 0. The molecule has 0 aliphatic carbocycles. The second-order valence-electron chi connectivity index (χ2n) is 7.15. The summed E-state index contributed by atoms with van der Waals surface area (Å²) < 4.78 is 16.3. The smallest absolute Gasteiger partial charge is 0.338 e. The molecule has 3 aromatic rings. The Morgan fingerprint density at radius 3 is 1.97 bits per heavy atom. The van der Waals surface area contributed by atoms with Crippen LogP contribution in [0.4, 0.5) is 11.4 Å². The predicted octanol–water partition coefficient (Wildman–Crippen LogP) is 4.76. The van der Waals surface area contributed by atoms with Gasteiger partial charge >= 0.3 is 5.97 Å². The van der Waals surface area contributed by atoms with Gasteiger partial charge in [-0.1, -0.05) is 25.1 Å². The maximum Gasteiger partial charge on any atom is 0.338 e. The number of rotatable bonds is 12. The molecule has 3 rings (SSSR count). The number of hydrogen-bond donors (Lipinski definition) is 2. The molecular weight excluding hydrogens is 420 g/mol. The molecule has 1 amide bonds. The topological polar surface area (TPSA) is 85.9 Å². The fourth-order valence-corrected chi connectivity index (χ4v) is 2.86. The Bertz CT molecular complexity index is 1010. The number of carbonyl (C=O) groups excluding carboxylic acids is 2. The van der Waals surface area contributed by atoms with E-state index < -0.39 is 0 Å². The average Bonchev–Trinajstić information content (AvgIpc) is 2.86. The molecule has 7 nitrogen and oxygen atoms in total. The van der Waals surface area contributed by atoms with Crippen LogP contribution in [0.15, 0.2) is 78.9 Å². The van der Waals surface area contributed by atoms with E-state index in [1.807, 2.05) is 37.3 Å². The van der Waals surface area contributed by atoms with Crippen molar-refractivity contribution in [2.75, 3.05) is 37.0 Å². The van der Waals surface area contributed by atoms with E-state index in [4.69, 9.17) is 14.2 Å². The van der Waals surface area contributed by atoms with E-state index in [1.165, 1.54) is 0 Å². The Hall–Kier alpha value is -4.00. The van der Waals surface area contributed by atoms with Gasteiger partial charge in [-0.25, -0.2) is 4.79 Å². The van der Waals surface area contributed by atoms with Crippen molar-refractivity contribution in [3.63, 3.8) is 0 Å². The zero-order valence-corrected chi connectivity index (χ0v) is 18.6. The van der Waals surface area contributed by atoms with Crippen LogP contribution in [0.5, 0.6) is 11.5 Å². The lowest BCUT2D eigenvalue weighted by molar-refractivity contribution is -0.114. The van der Waals surface area contributed by atoms with Crippen LogP contribution in [0.25, 0.3) is 0 Å². The van der Waals surface area contributed by atoms with Crippen molar-refractivity contribution in [2.24, 2.45) is 0 Å². The average molecular weight is 449 g/mol. The van der Waals surface area contributed by atoms with Gasteiger partial charge in [0.25, 0.3) is 0 Å². The SMILES string of the molecule is CCCOC(=O)c1ccc(NCC(=O)Nc2ccc(OCCOc3ccccc3)cc2)cc1. The molecule has 0 aromatic heterocycles. The summed E-state index contributed by atoms with van der Waals surface area (Å²) in [6.45, 7) is 3.29. The van der Waals surface area contributed by atoms with Crippen molar-refractivity contribution in [1.29, 1.82) is 0 Å². The maximum absolute atomic E-state index is 12.2. The van der Waals surface area contributed by atoms with Gasteiger partial charge in [0.2, 0.25) is 5.91 Å². The van der Waals surface area contributed by atoms with Gasteiger partial charge in [-0.3, -0.25) is 4.79 Å². The molecule has 0 heterocycles. The van der Waals surface area contributed by atoms with E-state index in [0.717, 1.165) is 17.9 Å². The van der Waals surface area contributed by atoms with Crippen LogP contribution < -0.4 is 20.1 Å². The first-order chi connectivity index (χ1) is 16.1. The molecule has 0 atom stereocenters. The second kappa shape index (κ2) is 12.8. The molecule has 3 aromatic carbocycles. The maximum atomic E-state index is 12.2. The number of benzene rings is 3. The van der Waals surface area contributed by atoms with Crippen molar-refractivity contribution in [3.05, 3.63) is 84.4 Å². The molecule has 0 bridgehead atoms. The van der Waals surface area contributed by atoms with Crippen LogP contribution in [-0.2, 0) is 9.53 Å². The van der Waals surface area contributed by atoms with Gasteiger partial charge in [0.05, 0.1) is 18.7 Å². The van der Waals surface area contributed by atoms with Crippen molar-refractivity contribution < 1.29 is 23.8 Å². The number of nitrogens with one attached hydrogen (secondary N) is 2. The fraction of sp³-hybridized carbons (Fsp3) is 0.231. The molecule has 2 N–H and O–H groups in total. The van der Waals surface area contributed by atoms with Crippen molar-refractivity contribution in [3.8, 4) is 11.5 Å². The second-order valence-corrected chi connectivity index (χ2v) is 7.15. The summed E-state index contributed by atoms with van der Waals surface area (Å²) in [5.41, 5.74) is 1.88. The lowest BCUT2D eigenvalue weighted by Crippen LogP contribution is -2.21. The number of hydrogen-bond acceptors (Lipinski definition) is 6. The van der Waals surface area contributed by atoms with Gasteiger partial charge in [-0.15, -0.1) is 0 Å². The van der Waals surface area contributed by atoms with E-state index in [0.29, 0.717) is 36.8 Å². The highest BCUT2D eigenvalue weighted by Gasteiger charge is 2.07. The quantitative estimate of drug-likeness (QED) is 0.307. The standard InChI is InChI=1S/C26H28N2O5/c1-2-16-33-26(30)20-8-10-21(11-9-20)27-19-25(29)28-22-12-14-24(15-13-22)32-18-17-31-23-6-4-3-5-7-23/h3-15,27H,2,16-19H2,1H3,(H,28,29). The third-order valence-electron chi connectivity index (χ3n) is 4.51. The first kappa shape index (κ1) is 23.7. The molecule has 0 saturated carbocycles. The Labute approximate surface area is 193 Å². The molecule has 0 unspecified atom stereocenters. The highest BCUT2D eigenvalue weighted by molar-refractivity contribution is 5.94. The van der Waals surface area contributed by atoms with Crippen LogP contribution in [0.2, 0.25) is 0 Å². The fourth-order valence-electron chi connectivity index (χ4n) is 2.86. The van der Waals surface area contributed by atoms with Gasteiger partial charge in [0.15, 0.2) is 0 Å². The van der Waals surface area contributed by atoms with E-state index in [1.54, 1.807) is 48.5 Å². The molecule has 0 spiro atoms. The number of amides is 1. The number of para-hydroxylation sites is 1. The molecule has 0 fully saturated rings. The van der Waals surface area contributed by atoms with Gasteiger partial charge in [0, 0.05) is 11.4 Å². The molecule has 33 heavy (non-hydrogen) atoms. The van der Waals surface area contributed by atoms with E-state index in [9.17, 15) is 9.59 Å². The van der Waals surface area contributed by atoms with Gasteiger partial charge < -0.3 is 24.8 Å². The van der Waals surface area contributed by atoms with E-state index in [-0.39, 0.29) is 18.4 Å². The normalized spacial score (nSPS) is 10.2. The minimum absolute atomic E-state index is 0.0920. The molecule has 7 heteroatoms. The summed E-state index contributed by atoms with van der Waals surface area (Å²) in [6, 6.07) is 23.5. The molecular formula is C26H28N2O5. The lowest BCUT2D eigenvalue weighted by Gasteiger charge is -2.10. The predicted molar refractivity (Wildman–Crippen MR) is 128 cm³/mol. The molecule has 0 aliphatic heterocycles. The van der Waals surface area contributed by atoms with Gasteiger partial charge in [0.1, 0.15) is 24.7 Å². The van der Waals surface area contributed by atoms with Crippen LogP contribution in [0, 0.1) is 0 Å². The Kier molecular flexibility index (Phi) is 9.15. The summed E-state index contributed by atoms with van der Waals surface area (Å²) in [6.07, 6.45) is 0.778. The number of carbonyl (C=O) groups is 2. The Morgan fingerprint density at radius 1 is 0.727 bits per heavy atom. The van der Waals surface area contributed by atoms with Crippen LogP contribution in [0.3, 0.4) is 0 Å². The summed E-state index contributed by atoms with van der Waals surface area (Å²) >= 11 is 0. The molecule has 0 radical (unpaired) electrons. The number of esters is 1.